The lowest BCUT2D eigenvalue weighted by Gasteiger charge is -2.13. The van der Waals surface area contributed by atoms with E-state index in [1.54, 1.807) is 24.3 Å². The van der Waals surface area contributed by atoms with Crippen molar-refractivity contribution in [3.8, 4) is 23.1 Å². The highest BCUT2D eigenvalue weighted by atomic mass is 32.2. The number of hydrogen-bond donors (Lipinski definition) is 1. The van der Waals surface area contributed by atoms with Crippen molar-refractivity contribution in [1.29, 1.82) is 5.26 Å². The molecule has 4 aromatic rings. The number of esters is 1. The van der Waals surface area contributed by atoms with Crippen LogP contribution in [-0.4, -0.2) is 33.1 Å². The lowest BCUT2D eigenvalue weighted by molar-refractivity contribution is -0.142. The number of methoxy groups -OCH3 is 1. The first-order valence-electron chi connectivity index (χ1n) is 10.1. The molecule has 0 aliphatic carbocycles. The second-order valence-electron chi connectivity index (χ2n) is 7.21. The molecule has 34 heavy (non-hydrogen) atoms. The van der Waals surface area contributed by atoms with Crippen LogP contribution in [0.3, 0.4) is 0 Å². The van der Waals surface area contributed by atoms with Crippen molar-refractivity contribution in [3.05, 3.63) is 84.4 Å². The number of ether oxygens (including phenoxy) is 2. The Morgan fingerprint density at radius 1 is 1.03 bits per heavy atom. The Morgan fingerprint density at radius 2 is 1.82 bits per heavy atom. The summed E-state index contributed by atoms with van der Waals surface area (Å²) in [6.45, 7) is -0.319. The molecule has 1 heterocycles. The molecular formula is C25H19N3O5S. The van der Waals surface area contributed by atoms with Crippen LogP contribution in [0.5, 0.6) is 5.75 Å². The highest BCUT2D eigenvalue weighted by Crippen LogP contribution is 2.32. The monoisotopic (exact) mass is 473 g/mol. The number of fused-ring (bicyclic) bond motifs is 1. The molecule has 0 saturated carbocycles. The highest BCUT2D eigenvalue weighted by Gasteiger charge is 2.17. The summed E-state index contributed by atoms with van der Waals surface area (Å²) in [5.74, 6) is -0.206. The minimum atomic E-state index is -3.94. The molecule has 0 unspecified atom stereocenters. The third-order valence-corrected chi connectivity index (χ3v) is 6.32. The molecule has 0 spiro atoms. The van der Waals surface area contributed by atoms with Gasteiger partial charge < -0.3 is 9.47 Å². The summed E-state index contributed by atoms with van der Waals surface area (Å²) in [5.41, 5.74) is 2.55. The normalized spacial score (nSPS) is 10.9. The number of nitrogens with one attached hydrogen (secondary N) is 1. The number of anilines is 1. The minimum absolute atomic E-state index is 0.0358. The van der Waals surface area contributed by atoms with E-state index in [0.717, 1.165) is 5.56 Å². The van der Waals surface area contributed by atoms with E-state index in [1.165, 1.54) is 31.4 Å². The molecule has 0 aliphatic heterocycles. The van der Waals surface area contributed by atoms with E-state index in [4.69, 9.17) is 10.00 Å². The first-order chi connectivity index (χ1) is 16.4. The second kappa shape index (κ2) is 9.60. The number of carbonyl (C=O) groups excluding carboxylic acids is 1. The number of nitriles is 1. The second-order valence-corrected chi connectivity index (χ2v) is 8.90. The standard InChI is InChI=1S/C25H19N3O5S/c1-32-25(29)16-33-24-14-23(18-7-3-2-4-8-18)27-22-11-10-19(13-21(22)24)28-34(30,31)20-9-5-6-17(12-20)15-26/h2-14,28H,16H2,1H3. The third-order valence-electron chi connectivity index (χ3n) is 4.94. The van der Waals surface area contributed by atoms with Gasteiger partial charge in [0.15, 0.2) is 6.61 Å². The van der Waals surface area contributed by atoms with Gasteiger partial charge in [0.05, 0.1) is 34.8 Å². The summed E-state index contributed by atoms with van der Waals surface area (Å²) >= 11 is 0. The summed E-state index contributed by atoms with van der Waals surface area (Å²) in [4.78, 5) is 16.3. The van der Waals surface area contributed by atoms with E-state index in [9.17, 15) is 13.2 Å². The van der Waals surface area contributed by atoms with Crippen molar-refractivity contribution in [1.82, 2.24) is 4.98 Å². The van der Waals surface area contributed by atoms with Gasteiger partial charge in [-0.05, 0) is 36.4 Å². The van der Waals surface area contributed by atoms with Gasteiger partial charge in [-0.2, -0.15) is 5.26 Å². The maximum Gasteiger partial charge on any atom is 0.343 e. The Morgan fingerprint density at radius 3 is 2.56 bits per heavy atom. The van der Waals surface area contributed by atoms with Gasteiger partial charge in [0.1, 0.15) is 5.75 Å². The molecule has 0 atom stereocenters. The van der Waals surface area contributed by atoms with Crippen molar-refractivity contribution >= 4 is 32.6 Å². The zero-order valence-corrected chi connectivity index (χ0v) is 18.9. The van der Waals surface area contributed by atoms with Crippen LogP contribution in [0.4, 0.5) is 5.69 Å². The Hall–Kier alpha value is -4.42. The van der Waals surface area contributed by atoms with Crippen LogP contribution in [0.2, 0.25) is 0 Å². The Bertz CT molecular complexity index is 1510. The fraction of sp³-hybridized carbons (Fsp3) is 0.0800. The van der Waals surface area contributed by atoms with E-state index in [0.29, 0.717) is 22.3 Å². The number of benzene rings is 3. The van der Waals surface area contributed by atoms with Gasteiger partial charge in [-0.15, -0.1) is 0 Å². The summed E-state index contributed by atoms with van der Waals surface area (Å²) in [6.07, 6.45) is 0. The van der Waals surface area contributed by atoms with Crippen molar-refractivity contribution in [2.75, 3.05) is 18.4 Å². The molecule has 0 amide bonds. The number of nitrogens with zero attached hydrogens (tertiary/aromatic N) is 2. The number of sulfonamides is 1. The summed E-state index contributed by atoms with van der Waals surface area (Å²) < 4.78 is 38.6. The van der Waals surface area contributed by atoms with Gasteiger partial charge in [0.25, 0.3) is 10.0 Å². The molecular weight excluding hydrogens is 454 g/mol. The predicted molar refractivity (Wildman–Crippen MR) is 127 cm³/mol. The lowest BCUT2D eigenvalue weighted by atomic mass is 10.1. The average molecular weight is 474 g/mol. The quantitative estimate of drug-likeness (QED) is 0.401. The molecule has 170 valence electrons. The van der Waals surface area contributed by atoms with E-state index >= 15 is 0 Å². The van der Waals surface area contributed by atoms with E-state index in [-0.39, 0.29) is 22.8 Å². The van der Waals surface area contributed by atoms with Gasteiger partial charge in [-0.1, -0.05) is 36.4 Å². The number of carbonyl (C=O) groups is 1. The maximum absolute atomic E-state index is 12.9. The number of hydrogen-bond acceptors (Lipinski definition) is 7. The fourth-order valence-corrected chi connectivity index (χ4v) is 4.37. The maximum atomic E-state index is 12.9. The van der Waals surface area contributed by atoms with Gasteiger partial charge in [-0.25, -0.2) is 18.2 Å². The van der Waals surface area contributed by atoms with Crippen molar-refractivity contribution in [3.63, 3.8) is 0 Å². The van der Waals surface area contributed by atoms with Crippen LogP contribution in [0.1, 0.15) is 5.56 Å². The van der Waals surface area contributed by atoms with Crippen LogP contribution >= 0.6 is 0 Å². The molecule has 1 N–H and O–H groups in total. The molecule has 0 radical (unpaired) electrons. The molecule has 0 aliphatic rings. The van der Waals surface area contributed by atoms with E-state index in [1.807, 2.05) is 36.4 Å². The molecule has 0 saturated heterocycles. The van der Waals surface area contributed by atoms with Crippen LogP contribution in [0, 0.1) is 11.3 Å². The Balaban J connectivity index is 1.75. The first kappa shape index (κ1) is 22.8. The minimum Gasteiger partial charge on any atom is -0.481 e. The Labute approximate surface area is 196 Å². The van der Waals surface area contributed by atoms with Crippen molar-refractivity contribution < 1.29 is 22.7 Å². The number of pyridine rings is 1. The summed E-state index contributed by atoms with van der Waals surface area (Å²) in [7, 11) is -2.68. The van der Waals surface area contributed by atoms with Crippen molar-refractivity contribution in [2.24, 2.45) is 0 Å². The van der Waals surface area contributed by atoms with Gasteiger partial charge in [0.2, 0.25) is 0 Å². The number of rotatable bonds is 7. The van der Waals surface area contributed by atoms with Crippen LogP contribution in [-0.2, 0) is 19.6 Å². The van der Waals surface area contributed by atoms with Crippen LogP contribution < -0.4 is 9.46 Å². The molecule has 3 aromatic carbocycles. The van der Waals surface area contributed by atoms with Gasteiger partial charge >= 0.3 is 5.97 Å². The van der Waals surface area contributed by atoms with E-state index in [2.05, 4.69) is 14.4 Å². The summed E-state index contributed by atoms with van der Waals surface area (Å²) in [6, 6.07) is 23.6. The van der Waals surface area contributed by atoms with Gasteiger partial charge in [-0.3, -0.25) is 4.72 Å². The van der Waals surface area contributed by atoms with Crippen LogP contribution in [0.25, 0.3) is 22.2 Å². The first-order valence-corrected chi connectivity index (χ1v) is 11.6. The predicted octanol–water partition coefficient (Wildman–Crippen LogP) is 4.13. The average Bonchev–Trinajstić information content (AvgIpc) is 2.87. The zero-order chi connectivity index (χ0) is 24.1. The molecule has 9 heteroatoms. The number of aromatic nitrogens is 1. The lowest BCUT2D eigenvalue weighted by Crippen LogP contribution is -2.14. The zero-order valence-electron chi connectivity index (χ0n) is 18.1. The molecule has 1 aromatic heterocycles. The van der Waals surface area contributed by atoms with Crippen molar-refractivity contribution in [2.45, 2.75) is 4.90 Å². The van der Waals surface area contributed by atoms with Crippen LogP contribution in [0.15, 0.2) is 83.8 Å². The fourth-order valence-electron chi connectivity index (χ4n) is 3.28. The smallest absolute Gasteiger partial charge is 0.343 e. The Kier molecular flexibility index (Phi) is 6.43. The SMILES string of the molecule is COC(=O)COc1cc(-c2ccccc2)nc2ccc(NS(=O)(=O)c3cccc(C#N)c3)cc12. The van der Waals surface area contributed by atoms with E-state index < -0.39 is 16.0 Å². The molecule has 8 nitrogen and oxygen atoms in total. The largest absolute Gasteiger partial charge is 0.481 e. The molecule has 4 rings (SSSR count). The third kappa shape index (κ3) is 4.98. The highest BCUT2D eigenvalue weighted by molar-refractivity contribution is 7.92. The summed E-state index contributed by atoms with van der Waals surface area (Å²) in [5, 5.41) is 9.57. The molecule has 0 bridgehead atoms. The topological polar surface area (TPSA) is 118 Å². The van der Waals surface area contributed by atoms with Gasteiger partial charge in [0, 0.05) is 22.7 Å². The molecule has 0 fully saturated rings.